The molecule has 0 unspecified atom stereocenters. The molecule has 0 saturated heterocycles. The maximum Gasteiger partial charge on any atom is 0.257 e. The molecule has 0 fully saturated rings. The zero-order valence-electron chi connectivity index (χ0n) is 15.3. The maximum absolute atomic E-state index is 12.7. The summed E-state index contributed by atoms with van der Waals surface area (Å²) in [4.78, 5) is 30.8. The molecule has 1 N–H and O–H groups in total. The molecule has 28 heavy (non-hydrogen) atoms. The highest BCUT2D eigenvalue weighted by molar-refractivity contribution is 6.05. The van der Waals surface area contributed by atoms with Crippen LogP contribution >= 0.6 is 0 Å². The highest BCUT2D eigenvalue weighted by atomic mass is 16.2. The fourth-order valence-corrected chi connectivity index (χ4v) is 2.66. The lowest BCUT2D eigenvalue weighted by atomic mass is 10.1. The Hall–Kier alpha value is -3.98. The first-order chi connectivity index (χ1) is 13.6. The Labute approximate surface area is 163 Å². The molecular weight excluding hydrogens is 352 g/mol. The molecule has 0 saturated carbocycles. The van der Waals surface area contributed by atoms with E-state index in [4.69, 9.17) is 5.26 Å². The third-order valence-electron chi connectivity index (χ3n) is 4.13. The smallest absolute Gasteiger partial charge is 0.257 e. The zero-order valence-corrected chi connectivity index (χ0v) is 15.3. The van der Waals surface area contributed by atoms with Crippen molar-refractivity contribution in [1.29, 1.82) is 5.26 Å². The van der Waals surface area contributed by atoms with Crippen LogP contribution in [0.25, 0.3) is 0 Å². The van der Waals surface area contributed by atoms with E-state index in [1.807, 2.05) is 36.4 Å². The lowest BCUT2D eigenvalue weighted by molar-refractivity contribution is 0.0784. The third-order valence-corrected chi connectivity index (χ3v) is 4.13. The van der Waals surface area contributed by atoms with Crippen molar-refractivity contribution in [2.45, 2.75) is 6.54 Å². The molecule has 2 amide bonds. The Morgan fingerprint density at radius 1 is 1.04 bits per heavy atom. The summed E-state index contributed by atoms with van der Waals surface area (Å²) >= 11 is 0. The first-order valence-electron chi connectivity index (χ1n) is 8.63. The van der Waals surface area contributed by atoms with Crippen molar-refractivity contribution in [1.82, 2.24) is 9.88 Å². The van der Waals surface area contributed by atoms with E-state index in [9.17, 15) is 9.59 Å². The van der Waals surface area contributed by atoms with Gasteiger partial charge < -0.3 is 10.2 Å². The standard InChI is InChI=1S/C22H18N4O2/c1-26(15-17-5-3-2-4-6-17)22(28)19-11-18(13-24-14-19)21(27)25-20-9-7-16(12-23)8-10-20/h2-11,13-14H,15H2,1H3,(H,25,27). The van der Waals surface area contributed by atoms with Crippen molar-refractivity contribution >= 4 is 17.5 Å². The van der Waals surface area contributed by atoms with Crippen LogP contribution in [0.15, 0.2) is 73.1 Å². The number of aromatic nitrogens is 1. The first kappa shape index (κ1) is 18.8. The maximum atomic E-state index is 12.7. The Kier molecular flexibility index (Phi) is 5.78. The SMILES string of the molecule is CN(Cc1ccccc1)C(=O)c1cncc(C(=O)Nc2ccc(C#N)cc2)c1. The molecule has 138 valence electrons. The van der Waals surface area contributed by atoms with E-state index in [-0.39, 0.29) is 17.4 Å². The normalized spacial score (nSPS) is 10.0. The van der Waals surface area contributed by atoms with Crippen LogP contribution in [-0.2, 0) is 6.54 Å². The van der Waals surface area contributed by atoms with Gasteiger partial charge in [-0.05, 0) is 35.9 Å². The predicted octanol–water partition coefficient (Wildman–Crippen LogP) is 3.48. The number of nitrogens with one attached hydrogen (secondary N) is 1. The molecule has 2 aromatic carbocycles. The summed E-state index contributed by atoms with van der Waals surface area (Å²) in [5.41, 5.74) is 2.70. The lowest BCUT2D eigenvalue weighted by Gasteiger charge is -2.17. The van der Waals surface area contributed by atoms with Crippen LogP contribution in [0.4, 0.5) is 5.69 Å². The van der Waals surface area contributed by atoms with Gasteiger partial charge in [-0.15, -0.1) is 0 Å². The van der Waals surface area contributed by atoms with Crippen LogP contribution in [0.2, 0.25) is 0 Å². The van der Waals surface area contributed by atoms with Gasteiger partial charge in [-0.25, -0.2) is 0 Å². The van der Waals surface area contributed by atoms with Crippen molar-refractivity contribution in [3.05, 3.63) is 95.3 Å². The first-order valence-corrected chi connectivity index (χ1v) is 8.63. The molecule has 0 aliphatic rings. The molecular formula is C22H18N4O2. The van der Waals surface area contributed by atoms with Gasteiger partial charge in [0, 0.05) is 31.7 Å². The predicted molar refractivity (Wildman–Crippen MR) is 106 cm³/mol. The van der Waals surface area contributed by atoms with Gasteiger partial charge in [0.2, 0.25) is 0 Å². The van der Waals surface area contributed by atoms with Crippen molar-refractivity contribution in [3.8, 4) is 6.07 Å². The number of carbonyl (C=O) groups is 2. The van der Waals surface area contributed by atoms with E-state index in [2.05, 4.69) is 10.3 Å². The van der Waals surface area contributed by atoms with Gasteiger partial charge in [-0.1, -0.05) is 30.3 Å². The fourth-order valence-electron chi connectivity index (χ4n) is 2.66. The van der Waals surface area contributed by atoms with Crippen LogP contribution in [0.3, 0.4) is 0 Å². The van der Waals surface area contributed by atoms with E-state index in [0.29, 0.717) is 23.4 Å². The second-order valence-electron chi connectivity index (χ2n) is 6.25. The van der Waals surface area contributed by atoms with Crippen LogP contribution in [-0.4, -0.2) is 28.7 Å². The van der Waals surface area contributed by atoms with Crippen LogP contribution < -0.4 is 5.32 Å². The number of benzene rings is 2. The van der Waals surface area contributed by atoms with Gasteiger partial charge in [0.05, 0.1) is 22.8 Å². The van der Waals surface area contributed by atoms with E-state index in [1.54, 1.807) is 36.2 Å². The number of nitrogens with zero attached hydrogens (tertiary/aromatic N) is 3. The van der Waals surface area contributed by atoms with Gasteiger partial charge in [-0.2, -0.15) is 5.26 Å². The summed E-state index contributed by atoms with van der Waals surface area (Å²) in [6, 6.07) is 19.7. The summed E-state index contributed by atoms with van der Waals surface area (Å²) in [5.74, 6) is -0.595. The molecule has 0 aliphatic heterocycles. The van der Waals surface area contributed by atoms with Crippen molar-refractivity contribution in [2.24, 2.45) is 0 Å². The molecule has 0 aliphatic carbocycles. The second kappa shape index (κ2) is 8.60. The highest BCUT2D eigenvalue weighted by Crippen LogP contribution is 2.13. The van der Waals surface area contributed by atoms with Crippen LogP contribution in [0.1, 0.15) is 31.8 Å². The number of carbonyl (C=O) groups excluding carboxylic acids is 2. The number of pyridine rings is 1. The minimum Gasteiger partial charge on any atom is -0.337 e. The highest BCUT2D eigenvalue weighted by Gasteiger charge is 2.15. The lowest BCUT2D eigenvalue weighted by Crippen LogP contribution is -2.26. The van der Waals surface area contributed by atoms with Gasteiger partial charge in [0.1, 0.15) is 0 Å². The van der Waals surface area contributed by atoms with Gasteiger partial charge >= 0.3 is 0 Å². The number of hydrogen-bond acceptors (Lipinski definition) is 4. The van der Waals surface area contributed by atoms with Crippen LogP contribution in [0.5, 0.6) is 0 Å². The van der Waals surface area contributed by atoms with E-state index in [0.717, 1.165) is 5.56 Å². The average Bonchev–Trinajstić information content (AvgIpc) is 2.74. The minimum absolute atomic E-state index is 0.218. The molecule has 0 radical (unpaired) electrons. The van der Waals surface area contributed by atoms with E-state index in [1.165, 1.54) is 18.5 Å². The van der Waals surface area contributed by atoms with Gasteiger partial charge in [0.15, 0.2) is 0 Å². The number of rotatable bonds is 5. The molecule has 6 heteroatoms. The monoisotopic (exact) mass is 370 g/mol. The molecule has 1 heterocycles. The molecule has 1 aromatic heterocycles. The quantitative estimate of drug-likeness (QED) is 0.745. The number of anilines is 1. The topological polar surface area (TPSA) is 86.1 Å². The van der Waals surface area contributed by atoms with Crippen LogP contribution in [0, 0.1) is 11.3 Å². The average molecular weight is 370 g/mol. The number of nitriles is 1. The van der Waals surface area contributed by atoms with Crippen molar-refractivity contribution in [2.75, 3.05) is 12.4 Å². The molecule has 0 bridgehead atoms. The zero-order chi connectivity index (χ0) is 19.9. The Bertz CT molecular complexity index is 1020. The summed E-state index contributed by atoms with van der Waals surface area (Å²) < 4.78 is 0. The number of hydrogen-bond donors (Lipinski definition) is 1. The van der Waals surface area contributed by atoms with Crippen molar-refractivity contribution in [3.63, 3.8) is 0 Å². The summed E-state index contributed by atoms with van der Waals surface area (Å²) in [7, 11) is 1.71. The Balaban J connectivity index is 1.70. The molecule has 0 atom stereocenters. The van der Waals surface area contributed by atoms with Gasteiger partial charge in [0.25, 0.3) is 11.8 Å². The molecule has 6 nitrogen and oxygen atoms in total. The summed E-state index contributed by atoms with van der Waals surface area (Å²) in [6.45, 7) is 0.460. The second-order valence-corrected chi connectivity index (χ2v) is 6.25. The molecule has 0 spiro atoms. The largest absolute Gasteiger partial charge is 0.337 e. The Morgan fingerprint density at radius 2 is 1.71 bits per heavy atom. The third kappa shape index (κ3) is 4.59. The minimum atomic E-state index is -0.377. The number of amides is 2. The summed E-state index contributed by atoms with van der Waals surface area (Å²) in [6.07, 6.45) is 2.86. The Morgan fingerprint density at radius 3 is 2.39 bits per heavy atom. The fraction of sp³-hybridized carbons (Fsp3) is 0.0909. The summed E-state index contributed by atoms with van der Waals surface area (Å²) in [5, 5.41) is 11.6. The van der Waals surface area contributed by atoms with Gasteiger partial charge in [-0.3, -0.25) is 14.6 Å². The molecule has 3 rings (SSSR count). The van der Waals surface area contributed by atoms with E-state index < -0.39 is 0 Å². The van der Waals surface area contributed by atoms with Crippen molar-refractivity contribution < 1.29 is 9.59 Å². The molecule has 3 aromatic rings. The van der Waals surface area contributed by atoms with E-state index >= 15 is 0 Å².